The number of carbonyl (C=O) groups excluding carboxylic acids is 1. The standard InChI is InChI=1S/C23H17NO/c25-22-14-20(18-10-9-15-5-1-2-7-17(15)13-18)23-19-8-4-3-6-16(19)11-12-21(23)24-22/h1-13,20H,14H2,(H,24,25). The highest BCUT2D eigenvalue weighted by Gasteiger charge is 2.28. The van der Waals surface area contributed by atoms with Crippen LogP contribution in [0.3, 0.4) is 0 Å². The van der Waals surface area contributed by atoms with Crippen LogP contribution in [-0.4, -0.2) is 5.91 Å². The van der Waals surface area contributed by atoms with E-state index in [0.717, 1.165) is 5.69 Å². The number of benzene rings is 4. The fourth-order valence-electron chi connectivity index (χ4n) is 3.98. The van der Waals surface area contributed by atoms with Gasteiger partial charge in [0.25, 0.3) is 0 Å². The van der Waals surface area contributed by atoms with Crippen molar-refractivity contribution in [3.05, 3.63) is 90.0 Å². The molecule has 0 aliphatic carbocycles. The van der Waals surface area contributed by atoms with Crippen LogP contribution < -0.4 is 5.32 Å². The molecule has 1 heterocycles. The summed E-state index contributed by atoms with van der Waals surface area (Å²) in [4.78, 5) is 12.3. The van der Waals surface area contributed by atoms with Crippen molar-refractivity contribution in [1.29, 1.82) is 0 Å². The molecule has 120 valence electrons. The van der Waals surface area contributed by atoms with Gasteiger partial charge < -0.3 is 5.32 Å². The highest BCUT2D eigenvalue weighted by Crippen LogP contribution is 2.42. The molecule has 5 rings (SSSR count). The Hall–Kier alpha value is -3.13. The molecule has 1 amide bonds. The minimum Gasteiger partial charge on any atom is -0.326 e. The Kier molecular flexibility index (Phi) is 3.10. The summed E-state index contributed by atoms with van der Waals surface area (Å²) in [5.74, 6) is 0.167. The van der Waals surface area contributed by atoms with E-state index in [1.807, 2.05) is 6.07 Å². The third kappa shape index (κ3) is 2.30. The van der Waals surface area contributed by atoms with Gasteiger partial charge in [-0.2, -0.15) is 0 Å². The summed E-state index contributed by atoms with van der Waals surface area (Å²) in [6.45, 7) is 0. The Labute approximate surface area is 146 Å². The maximum absolute atomic E-state index is 12.3. The Morgan fingerprint density at radius 3 is 2.36 bits per heavy atom. The molecule has 1 aliphatic heterocycles. The van der Waals surface area contributed by atoms with Gasteiger partial charge in [-0.15, -0.1) is 0 Å². The lowest BCUT2D eigenvalue weighted by atomic mass is 9.81. The normalized spacial score (nSPS) is 16.6. The van der Waals surface area contributed by atoms with Crippen LogP contribution in [0, 0.1) is 0 Å². The lowest BCUT2D eigenvalue weighted by Crippen LogP contribution is -2.23. The number of amides is 1. The largest absolute Gasteiger partial charge is 0.326 e. The Bertz CT molecular complexity index is 1130. The summed E-state index contributed by atoms with van der Waals surface area (Å²) in [7, 11) is 0. The molecule has 25 heavy (non-hydrogen) atoms. The van der Waals surface area contributed by atoms with Gasteiger partial charge in [0.05, 0.1) is 0 Å². The summed E-state index contributed by atoms with van der Waals surface area (Å²) in [5, 5.41) is 7.92. The SMILES string of the molecule is O=C1CC(c2ccc3ccccc3c2)c2c(ccc3ccccc23)N1. The summed E-state index contributed by atoms with van der Waals surface area (Å²) in [5.41, 5.74) is 3.37. The number of fused-ring (bicyclic) bond motifs is 4. The molecule has 1 aliphatic rings. The van der Waals surface area contributed by atoms with Crippen molar-refractivity contribution in [3.63, 3.8) is 0 Å². The van der Waals surface area contributed by atoms with Crippen molar-refractivity contribution >= 4 is 33.1 Å². The van der Waals surface area contributed by atoms with Crippen molar-refractivity contribution in [2.45, 2.75) is 12.3 Å². The van der Waals surface area contributed by atoms with E-state index in [-0.39, 0.29) is 11.8 Å². The van der Waals surface area contributed by atoms with Gasteiger partial charge in [-0.25, -0.2) is 0 Å². The molecule has 0 aromatic heterocycles. The fraction of sp³-hybridized carbons (Fsp3) is 0.0870. The molecule has 0 radical (unpaired) electrons. The molecule has 2 heteroatoms. The molecule has 0 saturated carbocycles. The maximum Gasteiger partial charge on any atom is 0.225 e. The molecule has 0 fully saturated rings. The third-order valence-corrected chi connectivity index (χ3v) is 5.16. The molecule has 0 spiro atoms. The van der Waals surface area contributed by atoms with Crippen molar-refractivity contribution < 1.29 is 4.79 Å². The third-order valence-electron chi connectivity index (χ3n) is 5.16. The molecule has 1 N–H and O–H groups in total. The van der Waals surface area contributed by atoms with E-state index < -0.39 is 0 Å². The summed E-state index contributed by atoms with van der Waals surface area (Å²) in [6, 6.07) is 27.4. The van der Waals surface area contributed by atoms with E-state index in [9.17, 15) is 4.79 Å². The van der Waals surface area contributed by atoms with Gasteiger partial charge in [0.1, 0.15) is 0 Å². The van der Waals surface area contributed by atoms with E-state index in [0.29, 0.717) is 6.42 Å². The van der Waals surface area contributed by atoms with Crippen LogP contribution >= 0.6 is 0 Å². The Balaban J connectivity index is 1.76. The number of carbonyl (C=O) groups is 1. The average molecular weight is 323 g/mol. The first-order chi connectivity index (χ1) is 12.3. The van der Waals surface area contributed by atoms with Gasteiger partial charge in [0.2, 0.25) is 5.91 Å². The van der Waals surface area contributed by atoms with E-state index in [1.165, 1.54) is 32.7 Å². The van der Waals surface area contributed by atoms with Gasteiger partial charge in [0, 0.05) is 18.0 Å². The number of anilines is 1. The van der Waals surface area contributed by atoms with Crippen LogP contribution in [0.15, 0.2) is 78.9 Å². The summed E-state index contributed by atoms with van der Waals surface area (Å²) in [6.07, 6.45) is 0.485. The Morgan fingerprint density at radius 2 is 1.48 bits per heavy atom. The van der Waals surface area contributed by atoms with E-state index >= 15 is 0 Å². The van der Waals surface area contributed by atoms with Crippen molar-refractivity contribution in [1.82, 2.24) is 0 Å². The predicted molar refractivity (Wildman–Crippen MR) is 103 cm³/mol. The van der Waals surface area contributed by atoms with E-state index in [1.54, 1.807) is 0 Å². The lowest BCUT2D eigenvalue weighted by molar-refractivity contribution is -0.116. The zero-order valence-corrected chi connectivity index (χ0v) is 13.7. The minimum atomic E-state index is 0.0828. The molecule has 4 aromatic rings. The molecular weight excluding hydrogens is 306 g/mol. The van der Waals surface area contributed by atoms with Crippen molar-refractivity contribution in [3.8, 4) is 0 Å². The molecule has 2 nitrogen and oxygen atoms in total. The topological polar surface area (TPSA) is 29.1 Å². The first-order valence-electron chi connectivity index (χ1n) is 8.60. The lowest BCUT2D eigenvalue weighted by Gasteiger charge is -2.28. The molecule has 0 bridgehead atoms. The van der Waals surface area contributed by atoms with Crippen molar-refractivity contribution in [2.24, 2.45) is 0 Å². The second-order valence-electron chi connectivity index (χ2n) is 6.66. The minimum absolute atomic E-state index is 0.0828. The molecule has 4 aromatic carbocycles. The smallest absolute Gasteiger partial charge is 0.225 e. The first kappa shape index (κ1) is 14.2. The first-order valence-corrected chi connectivity index (χ1v) is 8.60. The van der Waals surface area contributed by atoms with Crippen LogP contribution in [0.25, 0.3) is 21.5 Å². The van der Waals surface area contributed by atoms with Gasteiger partial charge in [-0.1, -0.05) is 72.8 Å². The quantitative estimate of drug-likeness (QED) is 0.494. The van der Waals surface area contributed by atoms with Crippen molar-refractivity contribution in [2.75, 3.05) is 5.32 Å². The van der Waals surface area contributed by atoms with Crippen LogP contribution in [0.2, 0.25) is 0 Å². The van der Waals surface area contributed by atoms with Gasteiger partial charge in [-0.3, -0.25) is 4.79 Å². The second-order valence-corrected chi connectivity index (χ2v) is 6.66. The highest BCUT2D eigenvalue weighted by atomic mass is 16.1. The summed E-state index contributed by atoms with van der Waals surface area (Å²) >= 11 is 0. The monoisotopic (exact) mass is 323 g/mol. The van der Waals surface area contributed by atoms with Gasteiger partial charge in [-0.05, 0) is 38.7 Å². The van der Waals surface area contributed by atoms with Gasteiger partial charge >= 0.3 is 0 Å². The number of rotatable bonds is 1. The molecule has 1 unspecified atom stereocenters. The molecular formula is C23H17NO. The maximum atomic E-state index is 12.3. The second kappa shape index (κ2) is 5.45. The number of hydrogen-bond acceptors (Lipinski definition) is 1. The molecule has 0 saturated heterocycles. The van der Waals surface area contributed by atoms with Gasteiger partial charge in [0.15, 0.2) is 0 Å². The number of nitrogens with one attached hydrogen (secondary N) is 1. The van der Waals surface area contributed by atoms with Crippen LogP contribution in [-0.2, 0) is 4.79 Å². The predicted octanol–water partition coefficient (Wildman–Crippen LogP) is 5.47. The van der Waals surface area contributed by atoms with Crippen LogP contribution in [0.5, 0.6) is 0 Å². The number of hydrogen-bond donors (Lipinski definition) is 1. The fourth-order valence-corrected chi connectivity index (χ4v) is 3.98. The Morgan fingerprint density at radius 1 is 0.760 bits per heavy atom. The van der Waals surface area contributed by atoms with Crippen LogP contribution in [0.1, 0.15) is 23.5 Å². The highest BCUT2D eigenvalue weighted by molar-refractivity contribution is 6.01. The average Bonchev–Trinajstić information content (AvgIpc) is 2.66. The zero-order chi connectivity index (χ0) is 16.8. The van der Waals surface area contributed by atoms with E-state index in [2.05, 4.69) is 78.1 Å². The summed E-state index contributed by atoms with van der Waals surface area (Å²) < 4.78 is 0. The van der Waals surface area contributed by atoms with E-state index in [4.69, 9.17) is 0 Å². The molecule has 1 atom stereocenters. The zero-order valence-electron chi connectivity index (χ0n) is 13.7. The van der Waals surface area contributed by atoms with Crippen LogP contribution in [0.4, 0.5) is 5.69 Å².